The van der Waals surface area contributed by atoms with E-state index in [1.807, 2.05) is 30.3 Å². The number of carbonyl (C=O) groups excluding carboxylic acids is 1. The third-order valence-corrected chi connectivity index (χ3v) is 4.60. The van der Waals surface area contributed by atoms with Crippen molar-refractivity contribution in [3.05, 3.63) is 69.0 Å². The van der Waals surface area contributed by atoms with Crippen LogP contribution in [0.1, 0.15) is 5.56 Å². The maximum Gasteiger partial charge on any atom is 0.331 e. The van der Waals surface area contributed by atoms with Crippen molar-refractivity contribution >= 4 is 5.91 Å². The van der Waals surface area contributed by atoms with E-state index in [1.165, 1.54) is 16.8 Å². The Morgan fingerprint density at radius 1 is 1.07 bits per heavy atom. The number of piperazine rings is 1. The number of hydrogen-bond acceptors (Lipinski definition) is 5. The van der Waals surface area contributed by atoms with Crippen LogP contribution in [0.2, 0.25) is 0 Å². The maximum atomic E-state index is 12.6. The van der Waals surface area contributed by atoms with E-state index < -0.39 is 11.2 Å². The molecule has 1 aliphatic rings. The first-order valence-electron chi connectivity index (χ1n) is 9.17. The molecule has 0 spiro atoms. The zero-order valence-corrected chi connectivity index (χ0v) is 15.3. The van der Waals surface area contributed by atoms with Crippen LogP contribution in [0.4, 0.5) is 0 Å². The number of nitrogens with one attached hydrogen (secondary N) is 2. The molecule has 2 aromatic rings. The second-order valence-electron chi connectivity index (χ2n) is 6.58. The summed E-state index contributed by atoms with van der Waals surface area (Å²) in [5.41, 5.74) is -0.00422. The van der Waals surface area contributed by atoms with Crippen molar-refractivity contribution in [3.8, 4) is 0 Å². The van der Waals surface area contributed by atoms with Gasteiger partial charge >= 0.3 is 5.69 Å². The van der Waals surface area contributed by atoms with Gasteiger partial charge in [-0.05, 0) is 5.56 Å². The minimum Gasteiger partial charge on any atom is -0.353 e. The van der Waals surface area contributed by atoms with Crippen LogP contribution in [-0.2, 0) is 17.9 Å². The van der Waals surface area contributed by atoms with Crippen molar-refractivity contribution in [3.63, 3.8) is 0 Å². The highest BCUT2D eigenvalue weighted by Gasteiger charge is 2.12. The molecule has 1 fully saturated rings. The highest BCUT2D eigenvalue weighted by molar-refractivity contribution is 5.75. The normalized spacial score (nSPS) is 14.8. The molecule has 1 aromatic carbocycles. The van der Waals surface area contributed by atoms with Crippen LogP contribution in [0.5, 0.6) is 0 Å². The van der Waals surface area contributed by atoms with Gasteiger partial charge in [-0.15, -0.1) is 0 Å². The molecular formula is C19H25N5O3. The van der Waals surface area contributed by atoms with Gasteiger partial charge < -0.3 is 10.6 Å². The van der Waals surface area contributed by atoms with E-state index in [2.05, 4.69) is 15.5 Å². The van der Waals surface area contributed by atoms with Crippen LogP contribution < -0.4 is 21.9 Å². The van der Waals surface area contributed by atoms with E-state index in [9.17, 15) is 14.4 Å². The number of benzene rings is 1. The van der Waals surface area contributed by atoms with Crippen molar-refractivity contribution in [2.75, 3.05) is 39.3 Å². The number of aromatic nitrogens is 2. The molecule has 0 unspecified atom stereocenters. The minimum absolute atomic E-state index is 0.269. The smallest absolute Gasteiger partial charge is 0.331 e. The van der Waals surface area contributed by atoms with Crippen molar-refractivity contribution in [1.82, 2.24) is 24.7 Å². The van der Waals surface area contributed by atoms with E-state index in [1.54, 1.807) is 0 Å². The molecule has 0 bridgehead atoms. The summed E-state index contributed by atoms with van der Waals surface area (Å²) in [6, 6.07) is 10.8. The van der Waals surface area contributed by atoms with E-state index in [4.69, 9.17) is 0 Å². The third-order valence-electron chi connectivity index (χ3n) is 4.60. The van der Waals surface area contributed by atoms with E-state index in [0.717, 1.165) is 42.9 Å². The lowest BCUT2D eigenvalue weighted by atomic mass is 10.2. The summed E-state index contributed by atoms with van der Waals surface area (Å²) in [7, 11) is 0. The Morgan fingerprint density at radius 2 is 1.81 bits per heavy atom. The molecule has 1 aromatic heterocycles. The molecule has 0 radical (unpaired) electrons. The van der Waals surface area contributed by atoms with Gasteiger partial charge in [0.1, 0.15) is 6.54 Å². The number of nitrogens with zero attached hydrogens (tertiary/aromatic N) is 3. The molecule has 0 aliphatic carbocycles. The fourth-order valence-corrected chi connectivity index (χ4v) is 3.09. The average Bonchev–Trinajstić information content (AvgIpc) is 2.69. The fraction of sp³-hybridized carbons (Fsp3) is 0.421. The summed E-state index contributed by atoms with van der Waals surface area (Å²) in [6.45, 7) is 5.16. The number of hydrogen-bond donors (Lipinski definition) is 2. The van der Waals surface area contributed by atoms with E-state index in [-0.39, 0.29) is 12.5 Å². The number of rotatable bonds is 7. The predicted octanol–water partition coefficient (Wildman–Crippen LogP) is -0.920. The van der Waals surface area contributed by atoms with Crippen LogP contribution in [-0.4, -0.2) is 59.2 Å². The van der Waals surface area contributed by atoms with Gasteiger partial charge in [0.05, 0.1) is 6.54 Å². The molecule has 0 saturated carbocycles. The summed E-state index contributed by atoms with van der Waals surface area (Å²) < 4.78 is 2.41. The van der Waals surface area contributed by atoms with Crippen molar-refractivity contribution < 1.29 is 4.79 Å². The van der Waals surface area contributed by atoms with Crippen molar-refractivity contribution in [2.24, 2.45) is 0 Å². The number of carbonyl (C=O) groups is 1. The number of amides is 1. The van der Waals surface area contributed by atoms with Crippen molar-refractivity contribution in [1.29, 1.82) is 0 Å². The van der Waals surface area contributed by atoms with Gasteiger partial charge in [0.25, 0.3) is 5.56 Å². The molecule has 2 heterocycles. The minimum atomic E-state index is -0.483. The van der Waals surface area contributed by atoms with Crippen LogP contribution in [0.3, 0.4) is 0 Å². The van der Waals surface area contributed by atoms with Gasteiger partial charge in [-0.1, -0.05) is 30.3 Å². The Hall–Kier alpha value is -2.71. The van der Waals surface area contributed by atoms with Crippen LogP contribution >= 0.6 is 0 Å². The maximum absolute atomic E-state index is 12.6. The second-order valence-corrected chi connectivity index (χ2v) is 6.58. The lowest BCUT2D eigenvalue weighted by Crippen LogP contribution is -2.47. The molecule has 1 aliphatic heterocycles. The lowest BCUT2D eigenvalue weighted by Gasteiger charge is -2.27. The molecular weight excluding hydrogens is 346 g/mol. The second kappa shape index (κ2) is 9.29. The van der Waals surface area contributed by atoms with E-state index >= 15 is 0 Å². The Kier molecular flexibility index (Phi) is 6.56. The molecule has 2 N–H and O–H groups in total. The predicted molar refractivity (Wildman–Crippen MR) is 103 cm³/mol. The van der Waals surface area contributed by atoms with Crippen LogP contribution in [0, 0.1) is 0 Å². The first kappa shape index (κ1) is 19.1. The summed E-state index contributed by atoms with van der Waals surface area (Å²) in [5, 5.41) is 6.07. The fourth-order valence-electron chi connectivity index (χ4n) is 3.09. The zero-order valence-electron chi connectivity index (χ0n) is 15.3. The van der Waals surface area contributed by atoms with Gasteiger partial charge in [0, 0.05) is 51.5 Å². The van der Waals surface area contributed by atoms with Crippen LogP contribution in [0.25, 0.3) is 0 Å². The van der Waals surface area contributed by atoms with Crippen LogP contribution in [0.15, 0.2) is 52.2 Å². The third kappa shape index (κ3) is 5.38. The quantitative estimate of drug-likeness (QED) is 0.657. The molecule has 8 nitrogen and oxygen atoms in total. The largest absolute Gasteiger partial charge is 0.353 e. The Balaban J connectivity index is 1.60. The summed E-state index contributed by atoms with van der Waals surface area (Å²) in [5.74, 6) is -0.332. The first-order chi connectivity index (χ1) is 13.1. The average molecular weight is 371 g/mol. The molecule has 144 valence electrons. The Morgan fingerprint density at radius 3 is 2.56 bits per heavy atom. The monoisotopic (exact) mass is 371 g/mol. The molecule has 3 rings (SSSR count). The summed E-state index contributed by atoms with van der Waals surface area (Å²) in [6.07, 6.45) is 1.47. The first-order valence-corrected chi connectivity index (χ1v) is 9.17. The highest BCUT2D eigenvalue weighted by atomic mass is 16.2. The Bertz CT molecular complexity index is 869. The standard InChI is InChI=1S/C19H25N5O3/c25-17(21-9-13-22-11-7-20-8-12-22)15-24-18(26)6-10-23(19(24)27)14-16-4-2-1-3-5-16/h1-6,10,20H,7-9,11-15H2,(H,21,25). The zero-order chi connectivity index (χ0) is 19.1. The highest BCUT2D eigenvalue weighted by Crippen LogP contribution is 1.99. The van der Waals surface area contributed by atoms with Gasteiger partial charge in [0.2, 0.25) is 5.91 Å². The topological polar surface area (TPSA) is 88.4 Å². The van der Waals surface area contributed by atoms with Gasteiger partial charge in [0.15, 0.2) is 0 Å². The van der Waals surface area contributed by atoms with Gasteiger partial charge in [-0.25, -0.2) is 4.79 Å². The molecule has 27 heavy (non-hydrogen) atoms. The van der Waals surface area contributed by atoms with E-state index in [0.29, 0.717) is 13.1 Å². The lowest BCUT2D eigenvalue weighted by molar-refractivity contribution is -0.121. The molecule has 8 heteroatoms. The molecule has 0 atom stereocenters. The SMILES string of the molecule is O=C(Cn1c(=O)ccn(Cc2ccccc2)c1=O)NCCN1CCNCC1. The summed E-state index contributed by atoms with van der Waals surface area (Å²) >= 11 is 0. The molecule has 1 saturated heterocycles. The van der Waals surface area contributed by atoms with Gasteiger partial charge in [-0.3, -0.25) is 23.6 Å². The molecule has 1 amide bonds. The van der Waals surface area contributed by atoms with Gasteiger partial charge in [-0.2, -0.15) is 0 Å². The Labute approximate surface area is 157 Å². The summed E-state index contributed by atoms with van der Waals surface area (Å²) in [4.78, 5) is 39.1. The van der Waals surface area contributed by atoms with Crippen molar-refractivity contribution in [2.45, 2.75) is 13.1 Å².